The smallest absolute Gasteiger partial charge is 0.336 e. The maximum atomic E-state index is 14.3. The van der Waals surface area contributed by atoms with Gasteiger partial charge in [-0.25, -0.2) is 9.18 Å². The summed E-state index contributed by atoms with van der Waals surface area (Å²) in [5, 5.41) is 14.6. The molecule has 0 amide bonds. The molecule has 1 N–H and O–H groups in total. The standard InChI is InChI=1S/C20H22F2N2O7/c1-10-15(20(26)31-9-5-6-14(25)29-3)16(18(24(27)28)11(2)23-10)12-7-8-13(21)17(22)19(12)30-4/h7-8,16,23H,5-6,9H2,1-4H3. The summed E-state index contributed by atoms with van der Waals surface area (Å²) in [5.74, 6) is -5.85. The Morgan fingerprint density at radius 3 is 2.45 bits per heavy atom. The Labute approximate surface area is 176 Å². The lowest BCUT2D eigenvalue weighted by molar-refractivity contribution is -0.431. The van der Waals surface area contributed by atoms with Crippen LogP contribution in [0.5, 0.6) is 5.75 Å². The lowest BCUT2D eigenvalue weighted by atomic mass is 9.83. The number of carbonyl (C=O) groups is 2. The predicted octanol–water partition coefficient (Wildman–Crippen LogP) is 2.94. The quantitative estimate of drug-likeness (QED) is 0.284. The number of ether oxygens (including phenoxy) is 3. The number of hydrogen-bond donors (Lipinski definition) is 1. The van der Waals surface area contributed by atoms with Crippen LogP contribution < -0.4 is 10.1 Å². The van der Waals surface area contributed by atoms with Crippen molar-refractivity contribution >= 4 is 11.9 Å². The van der Waals surface area contributed by atoms with Gasteiger partial charge in [-0.15, -0.1) is 0 Å². The molecule has 0 aromatic heterocycles. The Balaban J connectivity index is 2.50. The van der Waals surface area contributed by atoms with Crippen LogP contribution in [-0.2, 0) is 19.1 Å². The van der Waals surface area contributed by atoms with Gasteiger partial charge in [0.25, 0.3) is 5.70 Å². The summed E-state index contributed by atoms with van der Waals surface area (Å²) in [5.41, 5.74) is -0.315. The fraction of sp³-hybridized carbons (Fsp3) is 0.400. The monoisotopic (exact) mass is 440 g/mol. The molecule has 0 aliphatic carbocycles. The number of nitrogens with one attached hydrogen (secondary N) is 1. The van der Waals surface area contributed by atoms with Gasteiger partial charge < -0.3 is 19.5 Å². The molecule has 0 spiro atoms. The number of methoxy groups -OCH3 is 2. The number of hydrogen-bond acceptors (Lipinski definition) is 8. The van der Waals surface area contributed by atoms with E-state index in [2.05, 4.69) is 10.1 Å². The molecule has 9 nitrogen and oxygen atoms in total. The SMILES string of the molecule is COC(=O)CCCOC(=O)C1=C(C)NC(C)=C([N+](=O)[O-])C1c1ccc(F)c(F)c1OC. The predicted molar refractivity (Wildman–Crippen MR) is 103 cm³/mol. The molecule has 2 rings (SSSR count). The zero-order valence-electron chi connectivity index (χ0n) is 17.4. The van der Waals surface area contributed by atoms with Crippen LogP contribution >= 0.6 is 0 Å². The van der Waals surface area contributed by atoms with Crippen LogP contribution in [0.15, 0.2) is 34.8 Å². The largest absolute Gasteiger partial charge is 0.493 e. The van der Waals surface area contributed by atoms with Gasteiger partial charge in [0.2, 0.25) is 5.82 Å². The molecule has 0 bridgehead atoms. The lowest BCUT2D eigenvalue weighted by Crippen LogP contribution is -2.32. The molecule has 0 radical (unpaired) electrons. The minimum absolute atomic E-state index is 0.0135. The molecule has 1 aromatic rings. The van der Waals surface area contributed by atoms with Crippen molar-refractivity contribution in [2.45, 2.75) is 32.6 Å². The first-order valence-electron chi connectivity index (χ1n) is 9.22. The Morgan fingerprint density at radius 1 is 1.19 bits per heavy atom. The number of nitrogens with zero attached hydrogens (tertiary/aromatic N) is 1. The van der Waals surface area contributed by atoms with E-state index < -0.39 is 45.9 Å². The van der Waals surface area contributed by atoms with Crippen LogP contribution in [0.25, 0.3) is 0 Å². The second-order valence-corrected chi connectivity index (χ2v) is 6.66. The van der Waals surface area contributed by atoms with E-state index in [0.29, 0.717) is 0 Å². The summed E-state index contributed by atoms with van der Waals surface area (Å²) in [7, 11) is 2.32. The van der Waals surface area contributed by atoms with Crippen molar-refractivity contribution < 1.29 is 37.5 Å². The molecule has 1 heterocycles. The van der Waals surface area contributed by atoms with E-state index >= 15 is 0 Å². The fourth-order valence-corrected chi connectivity index (χ4v) is 3.34. The molecule has 31 heavy (non-hydrogen) atoms. The number of carbonyl (C=O) groups excluding carboxylic acids is 2. The average Bonchev–Trinajstić information content (AvgIpc) is 2.71. The van der Waals surface area contributed by atoms with E-state index in [1.165, 1.54) is 21.0 Å². The summed E-state index contributed by atoms with van der Waals surface area (Å²) in [4.78, 5) is 35.1. The molecular weight excluding hydrogens is 418 g/mol. The van der Waals surface area contributed by atoms with Crippen LogP contribution in [0.2, 0.25) is 0 Å². The Hall–Kier alpha value is -3.50. The van der Waals surface area contributed by atoms with Crippen LogP contribution in [0.4, 0.5) is 8.78 Å². The van der Waals surface area contributed by atoms with Gasteiger partial charge in [0.15, 0.2) is 11.6 Å². The molecule has 1 aliphatic rings. The average molecular weight is 440 g/mol. The first-order valence-corrected chi connectivity index (χ1v) is 9.22. The first kappa shape index (κ1) is 23.8. The zero-order chi connectivity index (χ0) is 23.3. The van der Waals surface area contributed by atoms with Crippen molar-refractivity contribution in [2.75, 3.05) is 20.8 Å². The van der Waals surface area contributed by atoms with Crippen molar-refractivity contribution in [1.82, 2.24) is 5.32 Å². The van der Waals surface area contributed by atoms with Crippen LogP contribution in [0.1, 0.15) is 38.2 Å². The highest BCUT2D eigenvalue weighted by Gasteiger charge is 2.43. The number of allylic oxidation sites excluding steroid dienone is 3. The minimum Gasteiger partial charge on any atom is -0.493 e. The highest BCUT2D eigenvalue weighted by molar-refractivity contribution is 5.92. The molecule has 11 heteroatoms. The molecule has 1 aliphatic heterocycles. The van der Waals surface area contributed by atoms with E-state index in [9.17, 15) is 28.5 Å². The van der Waals surface area contributed by atoms with Gasteiger partial charge in [-0.1, -0.05) is 6.07 Å². The molecule has 1 unspecified atom stereocenters. The second-order valence-electron chi connectivity index (χ2n) is 6.66. The highest BCUT2D eigenvalue weighted by Crippen LogP contribution is 2.43. The van der Waals surface area contributed by atoms with Gasteiger partial charge in [-0.3, -0.25) is 14.9 Å². The van der Waals surface area contributed by atoms with E-state index in [-0.39, 0.29) is 42.0 Å². The van der Waals surface area contributed by atoms with Crippen LogP contribution in [0.3, 0.4) is 0 Å². The molecule has 0 saturated heterocycles. The minimum atomic E-state index is -1.38. The van der Waals surface area contributed by atoms with E-state index in [1.807, 2.05) is 0 Å². The van der Waals surface area contributed by atoms with E-state index in [0.717, 1.165) is 19.2 Å². The molecule has 1 aromatic carbocycles. The molecule has 1 atom stereocenters. The summed E-state index contributed by atoms with van der Waals surface area (Å²) < 4.78 is 42.7. The van der Waals surface area contributed by atoms with Crippen LogP contribution in [0, 0.1) is 21.7 Å². The summed E-state index contributed by atoms with van der Waals surface area (Å²) in [6.07, 6.45) is 0.188. The molecule has 168 valence electrons. The Bertz CT molecular complexity index is 973. The molecule has 0 fully saturated rings. The third-order valence-electron chi connectivity index (χ3n) is 4.72. The molecule has 0 saturated carbocycles. The number of esters is 2. The Kier molecular flexibility index (Phi) is 7.67. The van der Waals surface area contributed by atoms with Gasteiger partial charge in [-0.2, -0.15) is 4.39 Å². The topological polar surface area (TPSA) is 117 Å². The van der Waals surface area contributed by atoms with Crippen molar-refractivity contribution in [3.05, 3.63) is 62.1 Å². The van der Waals surface area contributed by atoms with Gasteiger partial charge >= 0.3 is 11.9 Å². The summed E-state index contributed by atoms with van der Waals surface area (Å²) in [6.45, 7) is 2.78. The number of dihydropyridines is 1. The van der Waals surface area contributed by atoms with E-state index in [1.54, 1.807) is 0 Å². The summed E-state index contributed by atoms with van der Waals surface area (Å²) in [6, 6.07) is 1.93. The lowest BCUT2D eigenvalue weighted by Gasteiger charge is -2.27. The van der Waals surface area contributed by atoms with E-state index in [4.69, 9.17) is 9.47 Å². The van der Waals surface area contributed by atoms with Gasteiger partial charge in [0.05, 0.1) is 37.0 Å². The van der Waals surface area contributed by atoms with Crippen molar-refractivity contribution in [3.8, 4) is 5.75 Å². The molecular formula is C20H22F2N2O7. The zero-order valence-corrected chi connectivity index (χ0v) is 17.4. The van der Waals surface area contributed by atoms with Crippen LogP contribution in [-0.4, -0.2) is 37.7 Å². The van der Waals surface area contributed by atoms with Crippen molar-refractivity contribution in [3.63, 3.8) is 0 Å². The normalized spacial score (nSPS) is 16.0. The highest BCUT2D eigenvalue weighted by atomic mass is 19.2. The number of benzene rings is 1. The van der Waals surface area contributed by atoms with Gasteiger partial charge in [-0.05, 0) is 26.3 Å². The Morgan fingerprint density at radius 2 is 1.87 bits per heavy atom. The number of nitro groups is 1. The van der Waals surface area contributed by atoms with Gasteiger partial charge in [0, 0.05) is 17.7 Å². The third kappa shape index (κ3) is 4.98. The second kappa shape index (κ2) is 10.0. The maximum absolute atomic E-state index is 14.3. The van der Waals surface area contributed by atoms with Gasteiger partial charge in [0.1, 0.15) is 5.92 Å². The van der Waals surface area contributed by atoms with Crippen molar-refractivity contribution in [2.24, 2.45) is 0 Å². The number of halogens is 2. The third-order valence-corrected chi connectivity index (χ3v) is 4.72. The summed E-state index contributed by atoms with van der Waals surface area (Å²) >= 11 is 0. The number of rotatable bonds is 8. The first-order chi connectivity index (χ1) is 14.6. The maximum Gasteiger partial charge on any atom is 0.336 e. The fourth-order valence-electron chi connectivity index (χ4n) is 3.34. The van der Waals surface area contributed by atoms with Crippen molar-refractivity contribution in [1.29, 1.82) is 0 Å².